The molecule has 88 valence electrons. The van der Waals surface area contributed by atoms with Crippen molar-refractivity contribution in [2.45, 2.75) is 12.6 Å². The highest BCUT2D eigenvalue weighted by Gasteiger charge is 2.35. The first-order valence-corrected chi connectivity index (χ1v) is 4.69. The number of hydrogen-bond acceptors (Lipinski definition) is 1. The minimum absolute atomic E-state index is 0.180. The quantitative estimate of drug-likeness (QED) is 0.797. The smallest absolute Gasteiger partial charge is 0.330 e. The Balaban J connectivity index is 3.14. The molecule has 1 aromatic carbocycles. The summed E-state index contributed by atoms with van der Waals surface area (Å²) >= 11 is 0. The van der Waals surface area contributed by atoms with Gasteiger partial charge in [-0.15, -0.1) is 0 Å². The third-order valence-electron chi connectivity index (χ3n) is 1.96. The van der Waals surface area contributed by atoms with Crippen LogP contribution in [0.4, 0.5) is 17.6 Å². The number of benzene rings is 1. The molecular weight excluding hydrogens is 222 g/mol. The number of halogens is 4. The SMILES string of the molecule is NCCC=Cc1cccc(F)c1C(F)(F)F. The molecule has 16 heavy (non-hydrogen) atoms. The predicted octanol–water partition coefficient (Wildman–Crippen LogP) is 3.21. The molecule has 1 rings (SSSR count). The van der Waals surface area contributed by atoms with Crippen molar-refractivity contribution < 1.29 is 17.6 Å². The highest BCUT2D eigenvalue weighted by molar-refractivity contribution is 5.55. The molecule has 0 radical (unpaired) electrons. The van der Waals surface area contributed by atoms with Crippen LogP contribution in [0.3, 0.4) is 0 Å². The predicted molar refractivity (Wildman–Crippen MR) is 54.1 cm³/mol. The van der Waals surface area contributed by atoms with E-state index in [1.807, 2.05) is 0 Å². The van der Waals surface area contributed by atoms with Gasteiger partial charge in [-0.1, -0.05) is 24.3 Å². The zero-order valence-electron chi connectivity index (χ0n) is 8.39. The van der Waals surface area contributed by atoms with Gasteiger partial charge in [0.15, 0.2) is 0 Å². The maximum absolute atomic E-state index is 13.1. The van der Waals surface area contributed by atoms with Crippen LogP contribution in [0, 0.1) is 5.82 Å². The Labute approximate surface area is 90.6 Å². The summed E-state index contributed by atoms with van der Waals surface area (Å²) < 4.78 is 50.6. The highest BCUT2D eigenvalue weighted by Crippen LogP contribution is 2.34. The van der Waals surface area contributed by atoms with Gasteiger partial charge in [-0.3, -0.25) is 0 Å². The fourth-order valence-corrected chi connectivity index (χ4v) is 1.29. The van der Waals surface area contributed by atoms with Crippen molar-refractivity contribution in [1.29, 1.82) is 0 Å². The third-order valence-corrected chi connectivity index (χ3v) is 1.96. The van der Waals surface area contributed by atoms with E-state index in [-0.39, 0.29) is 5.56 Å². The summed E-state index contributed by atoms with van der Waals surface area (Å²) in [4.78, 5) is 0. The van der Waals surface area contributed by atoms with Crippen molar-refractivity contribution in [1.82, 2.24) is 0 Å². The summed E-state index contributed by atoms with van der Waals surface area (Å²) in [7, 11) is 0. The molecule has 0 unspecified atom stereocenters. The van der Waals surface area contributed by atoms with Crippen molar-refractivity contribution in [3.8, 4) is 0 Å². The van der Waals surface area contributed by atoms with E-state index in [0.717, 1.165) is 6.07 Å². The van der Waals surface area contributed by atoms with Gasteiger partial charge in [0.2, 0.25) is 0 Å². The molecule has 0 saturated heterocycles. The molecule has 0 aliphatic rings. The fraction of sp³-hybridized carbons (Fsp3) is 0.273. The van der Waals surface area contributed by atoms with Crippen LogP contribution in [0.25, 0.3) is 6.08 Å². The highest BCUT2D eigenvalue weighted by atomic mass is 19.4. The number of rotatable bonds is 3. The second-order valence-electron chi connectivity index (χ2n) is 3.18. The molecule has 0 aliphatic heterocycles. The van der Waals surface area contributed by atoms with Crippen LogP contribution in [0.1, 0.15) is 17.5 Å². The lowest BCUT2D eigenvalue weighted by Crippen LogP contribution is -2.10. The first-order valence-electron chi connectivity index (χ1n) is 4.69. The van der Waals surface area contributed by atoms with Crippen molar-refractivity contribution >= 4 is 6.08 Å². The number of nitrogens with two attached hydrogens (primary N) is 1. The third kappa shape index (κ3) is 3.06. The monoisotopic (exact) mass is 233 g/mol. The van der Waals surface area contributed by atoms with Gasteiger partial charge >= 0.3 is 6.18 Å². The molecule has 0 bridgehead atoms. The van der Waals surface area contributed by atoms with E-state index in [9.17, 15) is 17.6 Å². The van der Waals surface area contributed by atoms with E-state index >= 15 is 0 Å². The minimum Gasteiger partial charge on any atom is -0.330 e. The Bertz CT molecular complexity index is 382. The zero-order chi connectivity index (χ0) is 12.2. The summed E-state index contributed by atoms with van der Waals surface area (Å²) in [5.74, 6) is -1.26. The van der Waals surface area contributed by atoms with Gasteiger partial charge in [0, 0.05) is 0 Å². The lowest BCUT2D eigenvalue weighted by molar-refractivity contribution is -0.140. The van der Waals surface area contributed by atoms with Gasteiger partial charge in [-0.05, 0) is 24.6 Å². The largest absolute Gasteiger partial charge is 0.419 e. The van der Waals surface area contributed by atoms with Gasteiger partial charge in [-0.25, -0.2) is 4.39 Å². The lowest BCUT2D eigenvalue weighted by Gasteiger charge is -2.10. The van der Waals surface area contributed by atoms with E-state index in [0.29, 0.717) is 13.0 Å². The number of alkyl halides is 3. The molecule has 0 aromatic heterocycles. The minimum atomic E-state index is -4.69. The lowest BCUT2D eigenvalue weighted by atomic mass is 10.1. The van der Waals surface area contributed by atoms with E-state index in [1.54, 1.807) is 0 Å². The van der Waals surface area contributed by atoms with E-state index in [2.05, 4.69) is 0 Å². The van der Waals surface area contributed by atoms with Crippen LogP contribution in [0.5, 0.6) is 0 Å². The van der Waals surface area contributed by atoms with Crippen LogP contribution in [0.2, 0.25) is 0 Å². The second kappa shape index (κ2) is 5.12. The standard InChI is InChI=1S/C11H11F4N/c12-9-6-3-5-8(4-1-2-7-16)10(9)11(13,14)15/h1,3-6H,2,7,16H2. The number of hydrogen-bond donors (Lipinski definition) is 1. The van der Waals surface area contributed by atoms with Crippen LogP contribution >= 0.6 is 0 Å². The summed E-state index contributed by atoms with van der Waals surface area (Å²) in [5.41, 5.74) is 3.79. The van der Waals surface area contributed by atoms with Crippen molar-refractivity contribution in [2.75, 3.05) is 6.54 Å². The van der Waals surface area contributed by atoms with Crippen molar-refractivity contribution in [3.05, 3.63) is 41.2 Å². The van der Waals surface area contributed by atoms with Gasteiger partial charge in [0.25, 0.3) is 0 Å². The van der Waals surface area contributed by atoms with Crippen molar-refractivity contribution in [3.63, 3.8) is 0 Å². The Kier molecular flexibility index (Phi) is 4.06. The molecule has 1 nitrogen and oxygen atoms in total. The molecule has 0 fully saturated rings. The average molecular weight is 233 g/mol. The van der Waals surface area contributed by atoms with Gasteiger partial charge < -0.3 is 5.73 Å². The topological polar surface area (TPSA) is 26.0 Å². The maximum atomic E-state index is 13.1. The summed E-state index contributed by atoms with van der Waals surface area (Å²) in [5, 5.41) is 0. The molecule has 0 spiro atoms. The molecular formula is C11H11F4N. The summed E-state index contributed by atoms with van der Waals surface area (Å²) in [6, 6.07) is 3.26. The van der Waals surface area contributed by atoms with Crippen LogP contribution in [0.15, 0.2) is 24.3 Å². The van der Waals surface area contributed by atoms with Crippen LogP contribution in [-0.2, 0) is 6.18 Å². The molecule has 2 N–H and O–H groups in total. The first kappa shape index (κ1) is 12.7. The second-order valence-corrected chi connectivity index (χ2v) is 3.18. The zero-order valence-corrected chi connectivity index (χ0v) is 8.39. The van der Waals surface area contributed by atoms with E-state index in [4.69, 9.17) is 5.73 Å². The summed E-state index contributed by atoms with van der Waals surface area (Å²) in [6.45, 7) is 0.340. The Hall–Kier alpha value is -1.36. The fourth-order valence-electron chi connectivity index (χ4n) is 1.29. The Morgan fingerprint density at radius 1 is 1.25 bits per heavy atom. The normalized spacial score (nSPS) is 12.3. The molecule has 0 aliphatic carbocycles. The Morgan fingerprint density at radius 3 is 2.50 bits per heavy atom. The molecule has 0 heterocycles. The van der Waals surface area contributed by atoms with Crippen LogP contribution < -0.4 is 5.73 Å². The average Bonchev–Trinajstić information content (AvgIpc) is 2.16. The first-order chi connectivity index (χ1) is 7.46. The molecule has 0 saturated carbocycles. The van der Waals surface area contributed by atoms with Gasteiger partial charge in [0.1, 0.15) is 5.82 Å². The molecule has 0 amide bonds. The van der Waals surface area contributed by atoms with Gasteiger partial charge in [0.05, 0.1) is 5.56 Å². The summed E-state index contributed by atoms with van der Waals surface area (Å²) in [6.07, 6.45) is -1.51. The maximum Gasteiger partial charge on any atom is 0.419 e. The molecule has 1 aromatic rings. The Morgan fingerprint density at radius 2 is 1.94 bits per heavy atom. The van der Waals surface area contributed by atoms with Crippen LogP contribution in [-0.4, -0.2) is 6.54 Å². The van der Waals surface area contributed by atoms with E-state index in [1.165, 1.54) is 24.3 Å². The van der Waals surface area contributed by atoms with Crippen molar-refractivity contribution in [2.24, 2.45) is 5.73 Å². The van der Waals surface area contributed by atoms with E-state index < -0.39 is 17.6 Å². The molecule has 0 atom stereocenters. The van der Waals surface area contributed by atoms with Gasteiger partial charge in [-0.2, -0.15) is 13.2 Å². The molecule has 5 heteroatoms.